The molecule has 1 N–H and O–H groups in total. The first-order valence-corrected chi connectivity index (χ1v) is 7.46. The number of fused-ring (bicyclic) bond motifs is 1. The molecule has 0 unspecified atom stereocenters. The average Bonchev–Trinajstić information content (AvgIpc) is 3.30. The van der Waals surface area contributed by atoms with Crippen molar-refractivity contribution >= 4 is 16.7 Å². The summed E-state index contributed by atoms with van der Waals surface area (Å²) in [6.45, 7) is -0.210. The summed E-state index contributed by atoms with van der Waals surface area (Å²) in [4.78, 5) is 12.2. The monoisotopic (exact) mass is 336 g/mol. The number of carbonyl (C=O) groups excluding carboxylic acids is 1. The number of carbonyl (C=O) groups is 1. The van der Waals surface area contributed by atoms with Crippen LogP contribution in [0.3, 0.4) is 0 Å². The molecule has 0 fully saturated rings. The first-order chi connectivity index (χ1) is 12.2. The van der Waals surface area contributed by atoms with E-state index in [-0.39, 0.29) is 29.7 Å². The zero-order valence-electron chi connectivity index (χ0n) is 12.9. The van der Waals surface area contributed by atoms with Crippen LogP contribution in [0.5, 0.6) is 5.75 Å². The molecule has 0 aliphatic rings. The van der Waals surface area contributed by atoms with Gasteiger partial charge in [-0.25, -0.2) is 4.79 Å². The number of ether oxygens (including phenoxy) is 1. The minimum atomic E-state index is -0.680. The Morgan fingerprint density at radius 1 is 1.08 bits per heavy atom. The van der Waals surface area contributed by atoms with Gasteiger partial charge in [-0.3, -0.25) is 0 Å². The van der Waals surface area contributed by atoms with Crippen molar-refractivity contribution in [1.29, 1.82) is 0 Å². The van der Waals surface area contributed by atoms with E-state index >= 15 is 0 Å². The SMILES string of the molecule is O=C(OCc1nnc(-c2ccco2)o1)c1cc2ccccc2cc1O. The number of phenolic OH excluding ortho intramolecular Hbond substituents is 1. The van der Waals surface area contributed by atoms with Gasteiger partial charge in [0.2, 0.25) is 0 Å². The van der Waals surface area contributed by atoms with Crippen LogP contribution in [0.2, 0.25) is 0 Å². The van der Waals surface area contributed by atoms with E-state index in [9.17, 15) is 9.90 Å². The molecule has 0 saturated heterocycles. The fourth-order valence-corrected chi connectivity index (χ4v) is 2.41. The van der Waals surface area contributed by atoms with Crippen molar-refractivity contribution < 1.29 is 23.5 Å². The molecular formula is C18H12N2O5. The van der Waals surface area contributed by atoms with Crippen LogP contribution in [0.15, 0.2) is 63.6 Å². The zero-order valence-corrected chi connectivity index (χ0v) is 12.9. The molecule has 0 radical (unpaired) electrons. The van der Waals surface area contributed by atoms with Crippen LogP contribution in [0, 0.1) is 0 Å². The summed E-state index contributed by atoms with van der Waals surface area (Å²) in [6, 6.07) is 13.9. The first-order valence-electron chi connectivity index (χ1n) is 7.46. The lowest BCUT2D eigenvalue weighted by atomic mass is 10.1. The van der Waals surface area contributed by atoms with Crippen molar-refractivity contribution in [3.05, 3.63) is 66.2 Å². The van der Waals surface area contributed by atoms with E-state index in [0.717, 1.165) is 10.8 Å². The summed E-state index contributed by atoms with van der Waals surface area (Å²) in [5, 5.41) is 19.3. The summed E-state index contributed by atoms with van der Waals surface area (Å²) in [5.74, 6) is -0.0756. The van der Waals surface area contributed by atoms with Gasteiger partial charge in [0.05, 0.1) is 6.26 Å². The highest BCUT2D eigenvalue weighted by atomic mass is 16.5. The number of hydrogen-bond donors (Lipinski definition) is 1. The minimum absolute atomic E-state index is 0.0736. The quantitative estimate of drug-likeness (QED) is 0.569. The second-order valence-corrected chi connectivity index (χ2v) is 5.27. The van der Waals surface area contributed by atoms with E-state index in [0.29, 0.717) is 5.76 Å². The lowest BCUT2D eigenvalue weighted by Gasteiger charge is -2.06. The molecular weight excluding hydrogens is 324 g/mol. The highest BCUT2D eigenvalue weighted by Gasteiger charge is 2.17. The third-order valence-corrected chi connectivity index (χ3v) is 3.61. The third kappa shape index (κ3) is 2.94. The number of aromatic nitrogens is 2. The van der Waals surface area contributed by atoms with Crippen LogP contribution >= 0.6 is 0 Å². The Morgan fingerprint density at radius 3 is 2.64 bits per heavy atom. The molecule has 124 valence electrons. The number of rotatable bonds is 4. The predicted octanol–water partition coefficient (Wildman–Crippen LogP) is 3.55. The van der Waals surface area contributed by atoms with Gasteiger partial charge < -0.3 is 18.7 Å². The van der Waals surface area contributed by atoms with Crippen molar-refractivity contribution in [2.45, 2.75) is 6.61 Å². The van der Waals surface area contributed by atoms with Crippen molar-refractivity contribution in [2.24, 2.45) is 0 Å². The summed E-state index contributed by atoms with van der Waals surface area (Å²) in [5.41, 5.74) is 0.0736. The fraction of sp³-hybridized carbons (Fsp3) is 0.0556. The van der Waals surface area contributed by atoms with Crippen molar-refractivity contribution in [3.63, 3.8) is 0 Å². The minimum Gasteiger partial charge on any atom is -0.507 e. The van der Waals surface area contributed by atoms with Crippen LogP contribution in [0.25, 0.3) is 22.4 Å². The van der Waals surface area contributed by atoms with Crippen LogP contribution in [-0.4, -0.2) is 21.3 Å². The molecule has 4 aromatic rings. The smallest absolute Gasteiger partial charge is 0.342 e. The molecule has 2 aromatic carbocycles. The van der Waals surface area contributed by atoms with Crippen molar-refractivity contribution in [3.8, 4) is 17.4 Å². The lowest BCUT2D eigenvalue weighted by molar-refractivity contribution is 0.0435. The van der Waals surface area contributed by atoms with Crippen LogP contribution in [0.4, 0.5) is 0 Å². The molecule has 0 aliphatic heterocycles. The Balaban J connectivity index is 1.50. The largest absolute Gasteiger partial charge is 0.507 e. The Hall–Kier alpha value is -3.61. The van der Waals surface area contributed by atoms with E-state index in [1.807, 2.05) is 24.3 Å². The highest BCUT2D eigenvalue weighted by molar-refractivity contribution is 5.98. The standard InChI is InChI=1S/C18H12N2O5/c21-14-9-12-5-2-1-4-11(12)8-13(14)18(22)24-10-16-19-20-17(25-16)15-6-3-7-23-15/h1-9,21H,10H2. The maximum atomic E-state index is 12.2. The Labute approximate surface area is 141 Å². The second kappa shape index (κ2) is 6.12. The zero-order chi connectivity index (χ0) is 17.2. The average molecular weight is 336 g/mol. The summed E-state index contributed by atoms with van der Waals surface area (Å²) < 4.78 is 15.7. The van der Waals surface area contributed by atoms with Gasteiger partial charge in [0.15, 0.2) is 12.4 Å². The highest BCUT2D eigenvalue weighted by Crippen LogP contribution is 2.26. The van der Waals surface area contributed by atoms with Crippen molar-refractivity contribution in [2.75, 3.05) is 0 Å². The molecule has 0 bridgehead atoms. The molecule has 0 spiro atoms. The van der Waals surface area contributed by atoms with Gasteiger partial charge in [-0.1, -0.05) is 24.3 Å². The van der Waals surface area contributed by atoms with Crippen LogP contribution in [-0.2, 0) is 11.3 Å². The summed E-state index contributed by atoms with van der Waals surface area (Å²) in [6.07, 6.45) is 1.49. The van der Waals surface area contributed by atoms with Gasteiger partial charge in [-0.2, -0.15) is 0 Å². The molecule has 4 rings (SSSR count). The number of aromatic hydroxyl groups is 1. The van der Waals surface area contributed by atoms with Crippen molar-refractivity contribution in [1.82, 2.24) is 10.2 Å². The number of esters is 1. The fourth-order valence-electron chi connectivity index (χ4n) is 2.41. The molecule has 0 saturated carbocycles. The maximum absolute atomic E-state index is 12.2. The number of benzene rings is 2. The third-order valence-electron chi connectivity index (χ3n) is 3.61. The normalized spacial score (nSPS) is 10.9. The lowest BCUT2D eigenvalue weighted by Crippen LogP contribution is -2.06. The number of phenols is 1. The van der Waals surface area contributed by atoms with Gasteiger partial charge in [-0.05, 0) is 35.0 Å². The number of hydrogen-bond acceptors (Lipinski definition) is 7. The van der Waals surface area contributed by atoms with E-state index < -0.39 is 5.97 Å². The Morgan fingerprint density at radius 2 is 1.88 bits per heavy atom. The van der Waals surface area contributed by atoms with E-state index in [2.05, 4.69) is 10.2 Å². The maximum Gasteiger partial charge on any atom is 0.342 e. The van der Waals surface area contributed by atoms with Gasteiger partial charge in [-0.15, -0.1) is 10.2 Å². The molecule has 7 heteroatoms. The van der Waals surface area contributed by atoms with Gasteiger partial charge >= 0.3 is 5.97 Å². The van der Waals surface area contributed by atoms with E-state index in [1.54, 1.807) is 18.2 Å². The molecule has 2 heterocycles. The molecule has 2 aromatic heterocycles. The van der Waals surface area contributed by atoms with E-state index in [1.165, 1.54) is 12.3 Å². The molecule has 0 aliphatic carbocycles. The van der Waals surface area contributed by atoms with Gasteiger partial charge in [0.1, 0.15) is 11.3 Å². The molecule has 7 nitrogen and oxygen atoms in total. The second-order valence-electron chi connectivity index (χ2n) is 5.27. The summed E-state index contributed by atoms with van der Waals surface area (Å²) >= 11 is 0. The first kappa shape index (κ1) is 14.9. The van der Waals surface area contributed by atoms with Gasteiger partial charge in [0.25, 0.3) is 11.8 Å². The topological polar surface area (TPSA) is 98.6 Å². The van der Waals surface area contributed by atoms with Crippen LogP contribution in [0.1, 0.15) is 16.2 Å². The Bertz CT molecular complexity index is 1040. The molecule has 25 heavy (non-hydrogen) atoms. The summed E-state index contributed by atoms with van der Waals surface area (Å²) in [7, 11) is 0. The molecule has 0 amide bonds. The van der Waals surface area contributed by atoms with Crippen LogP contribution < -0.4 is 0 Å². The number of furan rings is 1. The Kier molecular flexibility index (Phi) is 3.66. The molecule has 0 atom stereocenters. The van der Waals surface area contributed by atoms with E-state index in [4.69, 9.17) is 13.6 Å². The predicted molar refractivity (Wildman–Crippen MR) is 86.7 cm³/mol. The number of nitrogens with zero attached hydrogens (tertiary/aromatic N) is 2. The van der Waals surface area contributed by atoms with Gasteiger partial charge in [0, 0.05) is 0 Å².